The molecule has 0 aliphatic heterocycles. The Bertz CT molecular complexity index is 1290. The Hall–Kier alpha value is -2.69. The van der Waals surface area contributed by atoms with Gasteiger partial charge in [-0.2, -0.15) is 18.3 Å². The summed E-state index contributed by atoms with van der Waals surface area (Å²) in [5.41, 5.74) is -1.05. The number of hydrogen-bond acceptors (Lipinski definition) is 4. The first-order chi connectivity index (χ1) is 14.9. The molecule has 2 aromatic carbocycles. The SMILES string of the molecule is Cc1cc(-c2cnn(CCCNS(C)(=O)=O)c2)c2c(c1)C(O)(C(F)(F)F)c1ccccc1-2. The van der Waals surface area contributed by atoms with E-state index in [0.717, 1.165) is 6.26 Å². The number of aryl methyl sites for hydroxylation is 2. The summed E-state index contributed by atoms with van der Waals surface area (Å²) in [6.45, 7) is 2.37. The average molecular weight is 465 g/mol. The maximum absolute atomic E-state index is 14.1. The van der Waals surface area contributed by atoms with Crippen molar-refractivity contribution in [1.82, 2.24) is 14.5 Å². The molecule has 0 amide bonds. The highest BCUT2D eigenvalue weighted by molar-refractivity contribution is 7.88. The van der Waals surface area contributed by atoms with E-state index < -0.39 is 21.8 Å². The lowest BCUT2D eigenvalue weighted by atomic mass is 9.88. The van der Waals surface area contributed by atoms with E-state index >= 15 is 0 Å². The zero-order chi connectivity index (χ0) is 23.3. The van der Waals surface area contributed by atoms with E-state index in [-0.39, 0.29) is 17.7 Å². The third-order valence-corrected chi connectivity index (χ3v) is 6.27. The molecule has 0 fully saturated rings. The molecule has 1 aliphatic carbocycles. The van der Waals surface area contributed by atoms with Gasteiger partial charge in [-0.3, -0.25) is 4.68 Å². The van der Waals surface area contributed by atoms with E-state index in [1.165, 1.54) is 18.2 Å². The molecule has 1 unspecified atom stereocenters. The molecule has 3 aromatic rings. The Kier molecular flexibility index (Phi) is 5.43. The molecule has 0 spiro atoms. The highest BCUT2D eigenvalue weighted by Crippen LogP contribution is 2.57. The number of aromatic nitrogens is 2. The molecule has 170 valence electrons. The monoisotopic (exact) mass is 465 g/mol. The first-order valence-electron chi connectivity index (χ1n) is 9.93. The normalized spacial score (nSPS) is 17.9. The summed E-state index contributed by atoms with van der Waals surface area (Å²) in [5, 5.41) is 15.2. The Morgan fingerprint density at radius 1 is 1.16 bits per heavy atom. The molecule has 32 heavy (non-hydrogen) atoms. The first-order valence-corrected chi connectivity index (χ1v) is 11.8. The largest absolute Gasteiger partial charge is 0.425 e. The van der Waals surface area contributed by atoms with Crippen molar-refractivity contribution in [1.29, 1.82) is 0 Å². The summed E-state index contributed by atoms with van der Waals surface area (Å²) in [4.78, 5) is 0. The lowest BCUT2D eigenvalue weighted by Gasteiger charge is -2.28. The number of nitrogens with zero attached hydrogens (tertiary/aromatic N) is 2. The maximum Gasteiger partial charge on any atom is 0.425 e. The smallest absolute Gasteiger partial charge is 0.372 e. The fourth-order valence-electron chi connectivity index (χ4n) is 4.18. The zero-order valence-corrected chi connectivity index (χ0v) is 18.3. The standard InChI is InChI=1S/C22H22F3N3O3S/c1-14-10-17(15-12-26-28(13-15)9-5-8-27-32(2,30)31)20-16-6-3-4-7-18(16)21(29,19(20)11-14)22(23,24)25/h3-4,6-7,10-13,27,29H,5,8-9H2,1-2H3. The molecule has 1 atom stereocenters. The van der Waals surface area contributed by atoms with Gasteiger partial charge in [0.05, 0.1) is 12.5 Å². The van der Waals surface area contributed by atoms with Crippen LogP contribution in [0.3, 0.4) is 0 Å². The molecular weight excluding hydrogens is 443 g/mol. The predicted molar refractivity (Wildman–Crippen MR) is 114 cm³/mol. The number of sulfonamides is 1. The van der Waals surface area contributed by atoms with Crippen molar-refractivity contribution in [2.45, 2.75) is 31.7 Å². The van der Waals surface area contributed by atoms with Crippen LogP contribution in [0.1, 0.15) is 23.1 Å². The van der Waals surface area contributed by atoms with Gasteiger partial charge in [-0.25, -0.2) is 13.1 Å². The van der Waals surface area contributed by atoms with Crippen molar-refractivity contribution in [3.05, 3.63) is 65.5 Å². The van der Waals surface area contributed by atoms with Crippen LogP contribution in [-0.2, 0) is 22.2 Å². The number of alkyl halides is 3. The number of halogens is 3. The minimum Gasteiger partial charge on any atom is -0.372 e. The summed E-state index contributed by atoms with van der Waals surface area (Å²) in [5.74, 6) is 0. The molecule has 0 radical (unpaired) electrons. The van der Waals surface area contributed by atoms with E-state index in [0.29, 0.717) is 40.8 Å². The fraction of sp³-hybridized carbons (Fsp3) is 0.318. The Morgan fingerprint density at radius 2 is 1.88 bits per heavy atom. The summed E-state index contributed by atoms with van der Waals surface area (Å²) in [6.07, 6.45) is -0.0417. The number of benzene rings is 2. The van der Waals surface area contributed by atoms with Gasteiger partial charge in [-0.1, -0.05) is 42.0 Å². The van der Waals surface area contributed by atoms with Gasteiger partial charge in [0.15, 0.2) is 0 Å². The van der Waals surface area contributed by atoms with E-state index in [9.17, 15) is 26.7 Å². The Labute approximate surface area is 183 Å². The van der Waals surface area contributed by atoms with Crippen molar-refractivity contribution < 1.29 is 26.7 Å². The molecule has 6 nitrogen and oxygen atoms in total. The van der Waals surface area contributed by atoms with E-state index in [1.807, 2.05) is 0 Å². The second kappa shape index (κ2) is 7.72. The van der Waals surface area contributed by atoms with Crippen LogP contribution in [0.4, 0.5) is 13.2 Å². The fourth-order valence-corrected chi connectivity index (χ4v) is 4.70. The van der Waals surface area contributed by atoms with Gasteiger partial charge < -0.3 is 5.11 Å². The number of hydrogen-bond donors (Lipinski definition) is 2. The second-order valence-corrected chi connectivity index (χ2v) is 9.83. The van der Waals surface area contributed by atoms with Crippen LogP contribution in [0.2, 0.25) is 0 Å². The van der Waals surface area contributed by atoms with Gasteiger partial charge in [-0.05, 0) is 30.0 Å². The highest BCUT2D eigenvalue weighted by Gasteiger charge is 2.61. The number of aliphatic hydroxyl groups is 1. The summed E-state index contributed by atoms with van der Waals surface area (Å²) in [7, 11) is -3.27. The molecule has 4 rings (SSSR count). The van der Waals surface area contributed by atoms with Gasteiger partial charge in [0, 0.05) is 36.0 Å². The molecule has 0 saturated carbocycles. The quantitative estimate of drug-likeness (QED) is 0.545. The molecule has 2 N–H and O–H groups in total. The van der Waals surface area contributed by atoms with Crippen molar-refractivity contribution >= 4 is 10.0 Å². The van der Waals surface area contributed by atoms with Crippen LogP contribution in [0.15, 0.2) is 48.8 Å². The van der Waals surface area contributed by atoms with Crippen LogP contribution in [0, 0.1) is 6.92 Å². The molecule has 0 saturated heterocycles. The average Bonchev–Trinajstić information content (AvgIpc) is 3.26. The van der Waals surface area contributed by atoms with Gasteiger partial charge in [0.2, 0.25) is 15.6 Å². The topological polar surface area (TPSA) is 84.2 Å². The molecule has 1 aliphatic rings. The van der Waals surface area contributed by atoms with Crippen molar-refractivity contribution in [2.75, 3.05) is 12.8 Å². The number of nitrogens with one attached hydrogen (secondary N) is 1. The summed E-state index contributed by atoms with van der Waals surface area (Å²) < 4.78 is 68.7. The highest BCUT2D eigenvalue weighted by atomic mass is 32.2. The van der Waals surface area contributed by atoms with Crippen LogP contribution in [0.5, 0.6) is 0 Å². The minimum absolute atomic E-state index is 0.186. The molecular formula is C22H22F3N3O3S. The van der Waals surface area contributed by atoms with Crippen LogP contribution >= 0.6 is 0 Å². The van der Waals surface area contributed by atoms with Crippen LogP contribution < -0.4 is 4.72 Å². The molecule has 10 heteroatoms. The molecule has 0 bridgehead atoms. The minimum atomic E-state index is -4.89. The van der Waals surface area contributed by atoms with E-state index in [2.05, 4.69) is 9.82 Å². The van der Waals surface area contributed by atoms with Crippen LogP contribution in [-0.4, -0.2) is 42.3 Å². The van der Waals surface area contributed by atoms with E-state index in [1.54, 1.807) is 42.2 Å². The molecule has 1 aromatic heterocycles. The van der Waals surface area contributed by atoms with Gasteiger partial charge in [0.25, 0.3) is 0 Å². The Balaban J connectivity index is 1.76. The maximum atomic E-state index is 14.1. The lowest BCUT2D eigenvalue weighted by Crippen LogP contribution is -2.41. The molecule has 1 heterocycles. The summed E-state index contributed by atoms with van der Waals surface area (Å²) >= 11 is 0. The zero-order valence-electron chi connectivity index (χ0n) is 17.4. The lowest BCUT2D eigenvalue weighted by molar-refractivity contribution is -0.246. The van der Waals surface area contributed by atoms with E-state index in [4.69, 9.17) is 0 Å². The predicted octanol–water partition coefficient (Wildman–Crippen LogP) is 3.58. The summed E-state index contributed by atoms with van der Waals surface area (Å²) in [6, 6.07) is 9.18. The first kappa shape index (κ1) is 22.5. The van der Waals surface area contributed by atoms with Gasteiger partial charge >= 0.3 is 6.18 Å². The van der Waals surface area contributed by atoms with Crippen molar-refractivity contribution in [2.24, 2.45) is 0 Å². The van der Waals surface area contributed by atoms with Crippen molar-refractivity contribution in [3.63, 3.8) is 0 Å². The van der Waals surface area contributed by atoms with Gasteiger partial charge in [0.1, 0.15) is 0 Å². The van der Waals surface area contributed by atoms with Gasteiger partial charge in [-0.15, -0.1) is 0 Å². The van der Waals surface area contributed by atoms with Crippen molar-refractivity contribution in [3.8, 4) is 22.3 Å². The second-order valence-electron chi connectivity index (χ2n) is 8.00. The van der Waals surface area contributed by atoms with Crippen LogP contribution in [0.25, 0.3) is 22.3 Å². The third kappa shape index (κ3) is 3.82. The number of rotatable bonds is 6. The third-order valence-electron chi connectivity index (χ3n) is 5.54. The number of fused-ring (bicyclic) bond motifs is 3. The Morgan fingerprint density at radius 3 is 2.56 bits per heavy atom.